The van der Waals surface area contributed by atoms with Crippen LogP contribution in [-0.4, -0.2) is 9.78 Å². The maximum atomic E-state index is 12.8. The van der Waals surface area contributed by atoms with Gasteiger partial charge in [0.05, 0.1) is 5.69 Å². The van der Waals surface area contributed by atoms with Gasteiger partial charge >= 0.3 is 0 Å². The Morgan fingerprint density at radius 2 is 1.82 bits per heavy atom. The van der Waals surface area contributed by atoms with Crippen LogP contribution < -0.4 is 11.0 Å². The van der Waals surface area contributed by atoms with Crippen LogP contribution in [-0.2, 0) is 6.42 Å². The molecule has 28 heavy (non-hydrogen) atoms. The molecule has 1 aliphatic heterocycles. The molecule has 0 bridgehead atoms. The van der Waals surface area contributed by atoms with Gasteiger partial charge < -0.3 is 4.42 Å². The summed E-state index contributed by atoms with van der Waals surface area (Å²) in [7, 11) is 0. The SMILES string of the molecule is CCCCCCc1cc2cc3c(=O)n(-c4ccc(Cl)cc4)[nH]c3oc-2cc1=O. The fourth-order valence-electron chi connectivity index (χ4n) is 3.44. The van der Waals surface area contributed by atoms with Gasteiger partial charge in [0.25, 0.3) is 5.56 Å². The van der Waals surface area contributed by atoms with E-state index in [4.69, 9.17) is 16.0 Å². The highest BCUT2D eigenvalue weighted by molar-refractivity contribution is 6.30. The minimum atomic E-state index is -0.210. The molecule has 1 aromatic carbocycles. The number of nitrogens with one attached hydrogen (secondary N) is 1. The van der Waals surface area contributed by atoms with E-state index in [1.54, 1.807) is 30.3 Å². The molecule has 0 radical (unpaired) electrons. The number of rotatable bonds is 6. The van der Waals surface area contributed by atoms with Gasteiger partial charge in [-0.15, -0.1) is 0 Å². The van der Waals surface area contributed by atoms with Crippen LogP contribution in [0.4, 0.5) is 0 Å². The number of aromatic nitrogens is 2. The van der Waals surface area contributed by atoms with Crippen LogP contribution in [0, 0.1) is 0 Å². The average Bonchev–Trinajstić information content (AvgIpc) is 3.00. The zero-order valence-electron chi connectivity index (χ0n) is 15.6. The third-order valence-corrected chi connectivity index (χ3v) is 5.23. The van der Waals surface area contributed by atoms with Gasteiger partial charge in [0.1, 0.15) is 11.1 Å². The predicted molar refractivity (Wildman–Crippen MR) is 112 cm³/mol. The number of nitrogens with zero attached hydrogens (tertiary/aromatic N) is 1. The van der Waals surface area contributed by atoms with Crippen molar-refractivity contribution in [2.45, 2.75) is 39.0 Å². The second-order valence-electron chi connectivity index (χ2n) is 7.03. The average molecular weight is 397 g/mol. The number of aryl methyl sites for hydroxylation is 1. The van der Waals surface area contributed by atoms with E-state index in [0.717, 1.165) is 36.8 Å². The van der Waals surface area contributed by atoms with E-state index >= 15 is 0 Å². The first-order chi connectivity index (χ1) is 13.6. The van der Waals surface area contributed by atoms with Crippen LogP contribution in [0.15, 0.2) is 56.5 Å². The Labute approximate surface area is 166 Å². The number of halogens is 1. The molecule has 0 saturated carbocycles. The number of hydrogen-bond acceptors (Lipinski definition) is 3. The standard InChI is InChI=1S/C22H21ClN2O3/c1-2-3-4-5-6-14-11-15-12-18-21(28-20(15)13-19(14)26)24-25(22(18)27)17-9-7-16(23)8-10-17/h7-13,24H,2-6H2,1H3. The zero-order valence-corrected chi connectivity index (χ0v) is 16.4. The summed E-state index contributed by atoms with van der Waals surface area (Å²) < 4.78 is 7.24. The van der Waals surface area contributed by atoms with Crippen LogP contribution in [0.1, 0.15) is 38.2 Å². The first-order valence-corrected chi connectivity index (χ1v) is 9.92. The Hall–Kier alpha value is -2.79. The van der Waals surface area contributed by atoms with E-state index in [-0.39, 0.29) is 11.0 Å². The lowest BCUT2D eigenvalue weighted by molar-refractivity contribution is 0.597. The van der Waals surface area contributed by atoms with Gasteiger partial charge in [-0.05, 0) is 49.2 Å². The molecular formula is C22H21ClN2O3. The number of H-pyrrole nitrogens is 1. The summed E-state index contributed by atoms with van der Waals surface area (Å²) in [5.74, 6) is 0.472. The van der Waals surface area contributed by atoms with E-state index in [1.807, 2.05) is 6.07 Å². The second-order valence-corrected chi connectivity index (χ2v) is 7.46. The molecule has 0 atom stereocenters. The van der Waals surface area contributed by atoms with Crippen molar-refractivity contribution in [3.63, 3.8) is 0 Å². The molecule has 1 aromatic heterocycles. The molecule has 2 aromatic rings. The lowest BCUT2D eigenvalue weighted by Crippen LogP contribution is -2.14. The minimum Gasteiger partial charge on any atom is -0.438 e. The van der Waals surface area contributed by atoms with Gasteiger partial charge in [0.15, 0.2) is 5.43 Å². The van der Waals surface area contributed by atoms with Gasteiger partial charge in [-0.3, -0.25) is 14.7 Å². The van der Waals surface area contributed by atoms with Crippen LogP contribution >= 0.6 is 11.6 Å². The molecule has 5 nitrogen and oxygen atoms in total. The Kier molecular flexibility index (Phi) is 5.09. The van der Waals surface area contributed by atoms with Crippen molar-refractivity contribution in [3.8, 4) is 17.0 Å². The number of aromatic amines is 1. The number of hydrogen-bond donors (Lipinski definition) is 1. The summed E-state index contributed by atoms with van der Waals surface area (Å²) >= 11 is 5.93. The van der Waals surface area contributed by atoms with Crippen molar-refractivity contribution in [1.82, 2.24) is 9.78 Å². The molecule has 1 aliphatic carbocycles. The van der Waals surface area contributed by atoms with E-state index in [1.165, 1.54) is 17.2 Å². The predicted octanol–water partition coefficient (Wildman–Crippen LogP) is 5.15. The summed E-state index contributed by atoms with van der Waals surface area (Å²) in [6.07, 6.45) is 5.18. The maximum absolute atomic E-state index is 12.8. The summed E-state index contributed by atoms with van der Waals surface area (Å²) in [6.45, 7) is 2.16. The van der Waals surface area contributed by atoms with E-state index < -0.39 is 0 Å². The second kappa shape index (κ2) is 7.68. The summed E-state index contributed by atoms with van der Waals surface area (Å²) in [4.78, 5) is 25.2. The van der Waals surface area contributed by atoms with Crippen LogP contribution in [0.5, 0.6) is 0 Å². The summed E-state index contributed by atoms with van der Waals surface area (Å²) in [5, 5.41) is 4.00. The third kappa shape index (κ3) is 3.50. The molecule has 2 aliphatic rings. The third-order valence-electron chi connectivity index (χ3n) is 4.98. The lowest BCUT2D eigenvalue weighted by atomic mass is 10.0. The highest BCUT2D eigenvalue weighted by Crippen LogP contribution is 2.26. The van der Waals surface area contributed by atoms with Crippen LogP contribution in [0.3, 0.4) is 0 Å². The smallest absolute Gasteiger partial charge is 0.282 e. The Balaban J connectivity index is 1.77. The lowest BCUT2D eigenvalue weighted by Gasteiger charge is -2.07. The van der Waals surface area contributed by atoms with Gasteiger partial charge in [-0.1, -0.05) is 37.8 Å². The number of benzene rings is 2. The van der Waals surface area contributed by atoms with E-state index in [9.17, 15) is 9.59 Å². The molecular weight excluding hydrogens is 376 g/mol. The van der Waals surface area contributed by atoms with E-state index in [0.29, 0.717) is 27.6 Å². The van der Waals surface area contributed by atoms with Gasteiger partial charge in [0, 0.05) is 22.2 Å². The van der Waals surface area contributed by atoms with Crippen LogP contribution in [0.25, 0.3) is 28.1 Å². The zero-order chi connectivity index (χ0) is 19.7. The largest absolute Gasteiger partial charge is 0.438 e. The molecule has 4 rings (SSSR count). The molecule has 0 saturated heterocycles. The van der Waals surface area contributed by atoms with E-state index in [2.05, 4.69) is 12.0 Å². The summed E-state index contributed by atoms with van der Waals surface area (Å²) in [5.41, 5.74) is 2.29. The minimum absolute atomic E-state index is 0.0217. The highest BCUT2D eigenvalue weighted by atomic mass is 35.5. The van der Waals surface area contributed by atoms with Gasteiger partial charge in [-0.25, -0.2) is 4.68 Å². The fraction of sp³-hybridized carbons (Fsp3) is 0.273. The highest BCUT2D eigenvalue weighted by Gasteiger charge is 2.16. The molecule has 144 valence electrons. The molecule has 6 heteroatoms. The number of unbranched alkanes of at least 4 members (excludes halogenated alkanes) is 3. The molecule has 0 spiro atoms. The Morgan fingerprint density at radius 3 is 2.57 bits per heavy atom. The van der Waals surface area contributed by atoms with Gasteiger partial charge in [-0.2, -0.15) is 0 Å². The topological polar surface area (TPSA) is 68.0 Å². The molecule has 0 unspecified atom stereocenters. The van der Waals surface area contributed by atoms with Crippen molar-refractivity contribution >= 4 is 22.7 Å². The van der Waals surface area contributed by atoms with Crippen LogP contribution in [0.2, 0.25) is 5.02 Å². The van der Waals surface area contributed by atoms with Crippen molar-refractivity contribution < 1.29 is 4.42 Å². The van der Waals surface area contributed by atoms with Crippen molar-refractivity contribution in [2.75, 3.05) is 0 Å². The summed E-state index contributed by atoms with van der Waals surface area (Å²) in [6, 6.07) is 12.1. The number of fused-ring (bicyclic) bond motifs is 2. The van der Waals surface area contributed by atoms with Crippen molar-refractivity contribution in [3.05, 3.63) is 73.6 Å². The van der Waals surface area contributed by atoms with Crippen molar-refractivity contribution in [2.24, 2.45) is 0 Å². The first-order valence-electron chi connectivity index (χ1n) is 9.54. The Bertz CT molecular complexity index is 1200. The first kappa shape index (κ1) is 18.6. The maximum Gasteiger partial charge on any atom is 0.282 e. The molecule has 0 amide bonds. The van der Waals surface area contributed by atoms with Gasteiger partial charge in [0.2, 0.25) is 5.71 Å². The normalized spacial score (nSPS) is 11.5. The monoisotopic (exact) mass is 396 g/mol. The van der Waals surface area contributed by atoms with Crippen molar-refractivity contribution in [1.29, 1.82) is 0 Å². The molecule has 0 fully saturated rings. The molecule has 2 heterocycles. The molecule has 1 N–H and O–H groups in total. The quantitative estimate of drug-likeness (QED) is 0.458. The Morgan fingerprint density at radius 1 is 1.04 bits per heavy atom. The fourth-order valence-corrected chi connectivity index (χ4v) is 3.56.